The third-order valence-corrected chi connectivity index (χ3v) is 7.46. The van der Waals surface area contributed by atoms with Gasteiger partial charge in [0.1, 0.15) is 11.9 Å². The third kappa shape index (κ3) is 5.77. The largest absolute Gasteiger partial charge is 0.502 e. The molecule has 0 spiro atoms. The Morgan fingerprint density at radius 1 is 1.07 bits per heavy atom. The lowest BCUT2D eigenvalue weighted by atomic mass is 9.97. The summed E-state index contributed by atoms with van der Waals surface area (Å²) in [5.41, 5.74) is 6.31. The smallest absolute Gasteiger partial charge is 0.242 e. The van der Waals surface area contributed by atoms with Crippen molar-refractivity contribution in [1.29, 1.82) is 0 Å². The van der Waals surface area contributed by atoms with Crippen molar-refractivity contribution in [3.05, 3.63) is 113 Å². The maximum absolute atomic E-state index is 14.7. The molecular weight excluding hydrogens is 535 g/mol. The molecule has 2 aromatic carbocycles. The fraction of sp³-hybridized carbons (Fsp3) is 0.212. The van der Waals surface area contributed by atoms with E-state index in [1.165, 1.54) is 26.4 Å². The maximum atomic E-state index is 14.7. The Hall–Kier alpha value is -4.89. The predicted octanol–water partition coefficient (Wildman–Crippen LogP) is 5.08. The van der Waals surface area contributed by atoms with Crippen LogP contribution in [0.15, 0.2) is 78.8 Å². The first-order valence-electron chi connectivity index (χ1n) is 13.5. The standard InChI is InChI=1S/C33H33FN4O4/c1-20-26(13-22-14-28(41-3)32(39)29(15-22)42-4)25-10-9-23(34)16-27(25)30(20)31(36-18-21-7-5-11-35-17-21)33(40)37-19-24-8-6-12-38(24)2/h5-17,31,36,39H,18-19H2,1-4H3,(H,37,40)/b26-13-. The van der Waals surface area contributed by atoms with Crippen LogP contribution in [0.4, 0.5) is 4.39 Å². The van der Waals surface area contributed by atoms with Crippen LogP contribution >= 0.6 is 0 Å². The number of aromatic hydroxyl groups is 1. The molecule has 0 radical (unpaired) electrons. The van der Waals surface area contributed by atoms with Gasteiger partial charge in [-0.05, 0) is 94.4 Å². The summed E-state index contributed by atoms with van der Waals surface area (Å²) in [6.07, 6.45) is 7.28. The van der Waals surface area contributed by atoms with Crippen molar-refractivity contribution in [3.8, 4) is 17.2 Å². The number of carbonyl (C=O) groups excluding carboxylic acids is 1. The highest BCUT2D eigenvalue weighted by Gasteiger charge is 2.33. The number of hydrogen-bond donors (Lipinski definition) is 3. The molecule has 1 unspecified atom stereocenters. The molecule has 1 atom stereocenters. The van der Waals surface area contributed by atoms with Crippen molar-refractivity contribution in [1.82, 2.24) is 20.2 Å². The second-order valence-electron chi connectivity index (χ2n) is 10.1. The zero-order chi connectivity index (χ0) is 29.8. The summed E-state index contributed by atoms with van der Waals surface area (Å²) >= 11 is 0. The quantitative estimate of drug-likeness (QED) is 0.247. The minimum atomic E-state index is -0.791. The van der Waals surface area contributed by atoms with Crippen molar-refractivity contribution in [2.45, 2.75) is 26.1 Å². The fourth-order valence-corrected chi connectivity index (χ4v) is 5.25. The number of rotatable bonds is 10. The van der Waals surface area contributed by atoms with Crippen LogP contribution in [0.5, 0.6) is 17.2 Å². The number of carbonyl (C=O) groups is 1. The van der Waals surface area contributed by atoms with E-state index >= 15 is 0 Å². The molecule has 1 aliphatic carbocycles. The van der Waals surface area contributed by atoms with Gasteiger partial charge in [0.25, 0.3) is 0 Å². The Kier molecular flexibility index (Phi) is 8.40. The van der Waals surface area contributed by atoms with Crippen LogP contribution < -0.4 is 20.1 Å². The number of allylic oxidation sites excluding steroid dienone is 2. The molecule has 2 heterocycles. The van der Waals surface area contributed by atoms with Crippen molar-refractivity contribution < 1.29 is 23.8 Å². The zero-order valence-corrected chi connectivity index (χ0v) is 23.9. The molecule has 0 saturated carbocycles. The van der Waals surface area contributed by atoms with Crippen LogP contribution in [-0.4, -0.2) is 40.8 Å². The van der Waals surface area contributed by atoms with Gasteiger partial charge in [0, 0.05) is 37.9 Å². The number of aromatic nitrogens is 2. The SMILES string of the molecule is COc1cc(/C=C2/C(C)=C(C(NCc3cccnc3)C(=O)NCc3cccn3C)c3cc(F)ccc32)cc(OC)c1O. The molecule has 42 heavy (non-hydrogen) atoms. The number of aryl methyl sites for hydroxylation is 1. The van der Waals surface area contributed by atoms with E-state index in [1.807, 2.05) is 55.1 Å². The molecule has 9 heteroatoms. The van der Waals surface area contributed by atoms with Crippen LogP contribution in [0.1, 0.15) is 34.9 Å². The lowest BCUT2D eigenvalue weighted by Gasteiger charge is -2.22. The molecule has 0 aliphatic heterocycles. The molecule has 0 saturated heterocycles. The van der Waals surface area contributed by atoms with E-state index in [2.05, 4.69) is 15.6 Å². The van der Waals surface area contributed by atoms with Gasteiger partial charge in [0.2, 0.25) is 11.7 Å². The number of pyridine rings is 1. The third-order valence-electron chi connectivity index (χ3n) is 7.46. The van der Waals surface area contributed by atoms with Gasteiger partial charge in [0.15, 0.2) is 11.5 Å². The van der Waals surface area contributed by atoms with Gasteiger partial charge in [-0.2, -0.15) is 0 Å². The summed E-state index contributed by atoms with van der Waals surface area (Å²) < 4.78 is 27.4. The monoisotopic (exact) mass is 568 g/mol. The zero-order valence-electron chi connectivity index (χ0n) is 23.9. The second kappa shape index (κ2) is 12.3. The molecule has 5 rings (SSSR count). The number of nitrogens with one attached hydrogen (secondary N) is 2. The highest BCUT2D eigenvalue weighted by atomic mass is 19.1. The van der Waals surface area contributed by atoms with Gasteiger partial charge in [-0.1, -0.05) is 12.1 Å². The van der Waals surface area contributed by atoms with Crippen molar-refractivity contribution >= 4 is 23.1 Å². The number of phenols is 1. The molecule has 216 valence electrons. The Labute approximate surface area is 244 Å². The van der Waals surface area contributed by atoms with Crippen molar-refractivity contribution in [2.75, 3.05) is 14.2 Å². The van der Waals surface area contributed by atoms with E-state index in [0.717, 1.165) is 28.0 Å². The van der Waals surface area contributed by atoms with Crippen molar-refractivity contribution in [3.63, 3.8) is 0 Å². The molecule has 2 aromatic heterocycles. The maximum Gasteiger partial charge on any atom is 0.242 e. The topological polar surface area (TPSA) is 97.6 Å². The summed E-state index contributed by atoms with van der Waals surface area (Å²) in [5, 5.41) is 16.9. The second-order valence-corrected chi connectivity index (χ2v) is 10.1. The number of hydrogen-bond acceptors (Lipinski definition) is 6. The Morgan fingerprint density at radius 2 is 1.83 bits per heavy atom. The minimum absolute atomic E-state index is 0.0986. The van der Waals surface area contributed by atoms with Gasteiger partial charge in [-0.3, -0.25) is 15.1 Å². The molecule has 3 N–H and O–H groups in total. The number of benzene rings is 2. The highest BCUT2D eigenvalue weighted by Crippen LogP contribution is 2.45. The molecular formula is C33H33FN4O4. The Balaban J connectivity index is 1.59. The van der Waals surface area contributed by atoms with Gasteiger partial charge in [-0.15, -0.1) is 0 Å². The van der Waals surface area contributed by atoms with Crippen LogP contribution in [0.2, 0.25) is 0 Å². The van der Waals surface area contributed by atoms with E-state index in [1.54, 1.807) is 30.6 Å². The number of nitrogens with zero attached hydrogens (tertiary/aromatic N) is 2. The molecule has 4 aromatic rings. The summed E-state index contributed by atoms with van der Waals surface area (Å²) in [6, 6.07) is 14.9. The number of amides is 1. The van der Waals surface area contributed by atoms with E-state index in [4.69, 9.17) is 9.47 Å². The van der Waals surface area contributed by atoms with E-state index < -0.39 is 11.9 Å². The first-order chi connectivity index (χ1) is 20.3. The van der Waals surface area contributed by atoms with Crippen LogP contribution in [0.3, 0.4) is 0 Å². The number of ether oxygens (including phenoxy) is 2. The first kappa shape index (κ1) is 28.6. The summed E-state index contributed by atoms with van der Waals surface area (Å²) in [6.45, 7) is 2.64. The van der Waals surface area contributed by atoms with E-state index in [-0.39, 0.29) is 23.2 Å². The molecule has 0 fully saturated rings. The molecule has 1 aliphatic rings. The van der Waals surface area contributed by atoms with Crippen LogP contribution in [0, 0.1) is 5.82 Å². The van der Waals surface area contributed by atoms with Crippen LogP contribution in [0.25, 0.3) is 17.2 Å². The number of phenolic OH excluding ortho intramolecular Hbond substituents is 1. The number of halogens is 1. The molecule has 8 nitrogen and oxygen atoms in total. The average molecular weight is 569 g/mol. The fourth-order valence-electron chi connectivity index (χ4n) is 5.25. The van der Waals surface area contributed by atoms with Crippen LogP contribution in [-0.2, 0) is 24.9 Å². The van der Waals surface area contributed by atoms with Gasteiger partial charge in [-0.25, -0.2) is 4.39 Å². The van der Waals surface area contributed by atoms with Gasteiger partial charge < -0.3 is 24.5 Å². The number of methoxy groups -OCH3 is 2. The normalized spacial score (nSPS) is 14.2. The first-order valence-corrected chi connectivity index (χ1v) is 13.5. The Bertz CT molecular complexity index is 1650. The van der Waals surface area contributed by atoms with Crippen molar-refractivity contribution in [2.24, 2.45) is 7.05 Å². The molecule has 1 amide bonds. The highest BCUT2D eigenvalue weighted by molar-refractivity contribution is 6.11. The average Bonchev–Trinajstić information content (AvgIpc) is 3.52. The number of fused-ring (bicyclic) bond motifs is 1. The lowest BCUT2D eigenvalue weighted by molar-refractivity contribution is -0.122. The lowest BCUT2D eigenvalue weighted by Crippen LogP contribution is -2.44. The van der Waals surface area contributed by atoms with Gasteiger partial charge in [0.05, 0.1) is 20.8 Å². The van der Waals surface area contributed by atoms with Gasteiger partial charge >= 0.3 is 0 Å². The summed E-state index contributed by atoms with van der Waals surface area (Å²) in [7, 11) is 4.86. The minimum Gasteiger partial charge on any atom is -0.502 e. The van der Waals surface area contributed by atoms with E-state index in [9.17, 15) is 14.3 Å². The predicted molar refractivity (Wildman–Crippen MR) is 160 cm³/mol. The van der Waals surface area contributed by atoms with E-state index in [0.29, 0.717) is 29.8 Å². The summed E-state index contributed by atoms with van der Waals surface area (Å²) in [4.78, 5) is 18.0. The Morgan fingerprint density at radius 3 is 2.48 bits per heavy atom. The molecule has 0 bridgehead atoms. The summed E-state index contributed by atoms with van der Waals surface area (Å²) in [5.74, 6) is -0.214.